The molecule has 0 aliphatic carbocycles. The highest BCUT2D eigenvalue weighted by atomic mass is 19.1. The number of carbonyl (C=O) groups excluding carboxylic acids is 2. The molecule has 2 aromatic rings. The Balaban J connectivity index is 1.30. The molecular formula is C23H25FN2O3. The van der Waals surface area contributed by atoms with E-state index in [9.17, 15) is 14.0 Å². The van der Waals surface area contributed by atoms with Crippen molar-refractivity contribution in [3.63, 3.8) is 0 Å². The zero-order valence-corrected chi connectivity index (χ0v) is 16.5. The van der Waals surface area contributed by atoms with Crippen molar-refractivity contribution in [2.24, 2.45) is 0 Å². The fourth-order valence-corrected chi connectivity index (χ4v) is 4.10. The Bertz CT molecular complexity index is 935. The molecule has 0 saturated carbocycles. The molecule has 2 aliphatic rings. The monoisotopic (exact) mass is 396 g/mol. The number of likely N-dealkylation sites (tertiary alicyclic amines) is 1. The minimum atomic E-state index is -0.473. The predicted molar refractivity (Wildman–Crippen MR) is 107 cm³/mol. The Morgan fingerprint density at radius 3 is 2.72 bits per heavy atom. The Hall–Kier alpha value is -2.73. The van der Waals surface area contributed by atoms with Crippen LogP contribution in [-0.2, 0) is 11.3 Å². The molecule has 1 fully saturated rings. The maximum Gasteiger partial charge on any atom is 0.234 e. The lowest BCUT2D eigenvalue weighted by molar-refractivity contribution is -0.123. The van der Waals surface area contributed by atoms with Crippen LogP contribution in [0.3, 0.4) is 0 Å². The molecule has 2 aliphatic heterocycles. The van der Waals surface area contributed by atoms with Crippen molar-refractivity contribution in [2.45, 2.75) is 38.3 Å². The highest BCUT2D eigenvalue weighted by Crippen LogP contribution is 2.39. The number of benzene rings is 2. The van der Waals surface area contributed by atoms with E-state index in [1.54, 1.807) is 18.2 Å². The number of amides is 1. The second-order valence-electron chi connectivity index (χ2n) is 8.03. The Labute approximate surface area is 169 Å². The van der Waals surface area contributed by atoms with Gasteiger partial charge in [0.05, 0.1) is 18.5 Å². The molecule has 0 radical (unpaired) electrons. The highest BCUT2D eigenvalue weighted by molar-refractivity contribution is 6.00. The number of aryl methyl sites for hydroxylation is 1. The summed E-state index contributed by atoms with van der Waals surface area (Å²) in [6, 6.07) is 12.2. The van der Waals surface area contributed by atoms with Gasteiger partial charge >= 0.3 is 0 Å². The lowest BCUT2D eigenvalue weighted by atomic mass is 9.82. The number of carbonyl (C=O) groups is 2. The fraction of sp³-hybridized carbons (Fsp3) is 0.391. The van der Waals surface area contributed by atoms with Gasteiger partial charge in [-0.3, -0.25) is 14.5 Å². The zero-order valence-electron chi connectivity index (χ0n) is 16.5. The standard InChI is InChI=1S/C23H25FN2O3/c1-16-6-7-21-18(12-16)20(27)13-23(29-21)8-10-26(11-9-23)15-22(28)25-14-17-4-2-3-5-19(17)24/h2-7,12H,8-11,13-15H2,1H3,(H,25,28). The van der Waals surface area contributed by atoms with Crippen LogP contribution >= 0.6 is 0 Å². The first-order chi connectivity index (χ1) is 13.9. The molecule has 4 rings (SSSR count). The number of piperidine rings is 1. The van der Waals surface area contributed by atoms with Crippen molar-refractivity contribution in [3.8, 4) is 5.75 Å². The van der Waals surface area contributed by atoms with Gasteiger partial charge in [-0.15, -0.1) is 0 Å². The van der Waals surface area contributed by atoms with Crippen molar-refractivity contribution >= 4 is 11.7 Å². The van der Waals surface area contributed by atoms with Crippen molar-refractivity contribution in [1.29, 1.82) is 0 Å². The van der Waals surface area contributed by atoms with Gasteiger partial charge in [0.25, 0.3) is 0 Å². The molecule has 152 valence electrons. The summed E-state index contributed by atoms with van der Waals surface area (Å²) in [4.78, 5) is 26.9. The van der Waals surface area contributed by atoms with Crippen molar-refractivity contribution < 1.29 is 18.7 Å². The summed E-state index contributed by atoms with van der Waals surface area (Å²) in [7, 11) is 0. The molecule has 1 saturated heterocycles. The van der Waals surface area contributed by atoms with Gasteiger partial charge in [-0.2, -0.15) is 0 Å². The minimum Gasteiger partial charge on any atom is -0.486 e. The van der Waals surface area contributed by atoms with E-state index in [-0.39, 0.29) is 30.6 Å². The van der Waals surface area contributed by atoms with Gasteiger partial charge in [0.15, 0.2) is 5.78 Å². The Morgan fingerprint density at radius 1 is 1.21 bits per heavy atom. The van der Waals surface area contributed by atoms with Crippen molar-refractivity contribution in [2.75, 3.05) is 19.6 Å². The van der Waals surface area contributed by atoms with Crippen LogP contribution in [0.2, 0.25) is 0 Å². The second-order valence-corrected chi connectivity index (χ2v) is 8.03. The summed E-state index contributed by atoms with van der Waals surface area (Å²) in [5, 5.41) is 2.78. The fourth-order valence-electron chi connectivity index (χ4n) is 4.10. The van der Waals surface area contributed by atoms with E-state index in [0.29, 0.717) is 49.2 Å². The molecule has 0 unspecified atom stereocenters. The maximum atomic E-state index is 13.7. The summed E-state index contributed by atoms with van der Waals surface area (Å²) in [6.07, 6.45) is 1.79. The van der Waals surface area contributed by atoms with Gasteiger partial charge < -0.3 is 10.1 Å². The van der Waals surface area contributed by atoms with Crippen LogP contribution in [0, 0.1) is 12.7 Å². The number of rotatable bonds is 4. The lowest BCUT2D eigenvalue weighted by Gasteiger charge is -2.43. The quantitative estimate of drug-likeness (QED) is 0.862. The number of hydrogen-bond donors (Lipinski definition) is 1. The smallest absolute Gasteiger partial charge is 0.234 e. The van der Waals surface area contributed by atoms with E-state index in [1.807, 2.05) is 25.1 Å². The third-order valence-corrected chi connectivity index (χ3v) is 5.81. The number of ketones is 1. The molecule has 1 N–H and O–H groups in total. The largest absolute Gasteiger partial charge is 0.486 e. The normalized spacial score (nSPS) is 18.2. The molecule has 6 heteroatoms. The number of hydrogen-bond acceptors (Lipinski definition) is 4. The number of halogens is 1. The highest BCUT2D eigenvalue weighted by Gasteiger charge is 2.43. The average molecular weight is 396 g/mol. The molecule has 29 heavy (non-hydrogen) atoms. The van der Waals surface area contributed by atoms with Gasteiger partial charge in [-0.05, 0) is 25.1 Å². The van der Waals surface area contributed by atoms with Gasteiger partial charge in [0.2, 0.25) is 5.91 Å². The van der Waals surface area contributed by atoms with Crippen LogP contribution in [0.4, 0.5) is 4.39 Å². The van der Waals surface area contributed by atoms with E-state index in [4.69, 9.17) is 4.74 Å². The van der Waals surface area contributed by atoms with E-state index < -0.39 is 5.60 Å². The number of fused-ring (bicyclic) bond motifs is 1. The summed E-state index contributed by atoms with van der Waals surface area (Å²) >= 11 is 0. The van der Waals surface area contributed by atoms with Crippen LogP contribution in [0.5, 0.6) is 5.75 Å². The molecule has 0 atom stereocenters. The molecule has 1 spiro atoms. The first kappa shape index (κ1) is 19.6. The molecule has 0 aromatic heterocycles. The average Bonchev–Trinajstić information content (AvgIpc) is 2.70. The van der Waals surface area contributed by atoms with Crippen molar-refractivity contribution in [1.82, 2.24) is 10.2 Å². The Kier molecular flexibility index (Phi) is 5.37. The first-order valence-corrected chi connectivity index (χ1v) is 9.99. The summed E-state index contributed by atoms with van der Waals surface area (Å²) in [6.45, 7) is 3.77. The van der Waals surface area contributed by atoms with Gasteiger partial charge in [-0.1, -0.05) is 29.8 Å². The third-order valence-electron chi connectivity index (χ3n) is 5.81. The van der Waals surface area contributed by atoms with Gasteiger partial charge in [0, 0.05) is 38.0 Å². The van der Waals surface area contributed by atoms with Crippen molar-refractivity contribution in [3.05, 3.63) is 65.0 Å². The van der Waals surface area contributed by atoms with Crippen LogP contribution in [0.25, 0.3) is 0 Å². The minimum absolute atomic E-state index is 0.131. The Morgan fingerprint density at radius 2 is 1.97 bits per heavy atom. The maximum absolute atomic E-state index is 13.7. The van der Waals surface area contributed by atoms with E-state index in [1.165, 1.54) is 6.07 Å². The zero-order chi connectivity index (χ0) is 20.4. The SMILES string of the molecule is Cc1ccc2c(c1)C(=O)CC1(CCN(CC(=O)NCc3ccccc3F)CC1)O2. The number of nitrogens with one attached hydrogen (secondary N) is 1. The molecule has 5 nitrogen and oxygen atoms in total. The predicted octanol–water partition coefficient (Wildman–Crippen LogP) is 3.25. The number of nitrogens with zero attached hydrogens (tertiary/aromatic N) is 1. The van der Waals surface area contributed by atoms with Crippen LogP contribution in [0.1, 0.15) is 40.7 Å². The lowest BCUT2D eigenvalue weighted by Crippen LogP contribution is -2.52. The summed E-state index contributed by atoms with van der Waals surface area (Å²) in [5.74, 6) is 0.349. The molecule has 0 bridgehead atoms. The molecule has 2 heterocycles. The van der Waals surface area contributed by atoms with Crippen LogP contribution in [0.15, 0.2) is 42.5 Å². The second kappa shape index (κ2) is 7.95. The van der Waals surface area contributed by atoms with E-state index >= 15 is 0 Å². The van der Waals surface area contributed by atoms with E-state index in [2.05, 4.69) is 10.2 Å². The third kappa shape index (κ3) is 4.32. The molecule has 1 amide bonds. The number of Topliss-reactive ketones (excluding diaryl/α,β-unsaturated/α-hetero) is 1. The van der Waals surface area contributed by atoms with Crippen LogP contribution < -0.4 is 10.1 Å². The topological polar surface area (TPSA) is 58.6 Å². The number of ether oxygens (including phenoxy) is 1. The first-order valence-electron chi connectivity index (χ1n) is 9.99. The van der Waals surface area contributed by atoms with E-state index in [0.717, 1.165) is 5.56 Å². The van der Waals surface area contributed by atoms with Crippen LogP contribution in [-0.4, -0.2) is 41.8 Å². The summed E-state index contributed by atoms with van der Waals surface area (Å²) < 4.78 is 19.9. The van der Waals surface area contributed by atoms with Gasteiger partial charge in [-0.25, -0.2) is 4.39 Å². The van der Waals surface area contributed by atoms with Gasteiger partial charge in [0.1, 0.15) is 17.2 Å². The molecular weight excluding hydrogens is 371 g/mol. The molecule has 2 aromatic carbocycles. The summed E-state index contributed by atoms with van der Waals surface area (Å²) in [5.41, 5.74) is 1.72.